The second kappa shape index (κ2) is 28.6. The van der Waals surface area contributed by atoms with Gasteiger partial charge >= 0.3 is 0 Å². The number of pyridine rings is 2. The monoisotopic (exact) mass is 1360 g/mol. The van der Waals surface area contributed by atoms with Crippen LogP contribution in [0.3, 0.4) is 0 Å². The van der Waals surface area contributed by atoms with Gasteiger partial charge in [-0.25, -0.2) is 11.3 Å². The van der Waals surface area contributed by atoms with Gasteiger partial charge in [-0.3, -0.25) is 9.59 Å². The number of thiophene rings is 1. The maximum absolute atomic E-state index is 11.7. The molecule has 0 saturated heterocycles. The predicted octanol–water partition coefficient (Wildman–Crippen LogP) is 18.4. The topological polar surface area (TPSA) is 100 Å². The Bertz CT molecular complexity index is 2780. The number of aliphatic hydroxyl groups is 2. The number of carbonyl (C=O) groups excluding carboxylic acids is 2. The third-order valence-corrected chi connectivity index (χ3v) is 15.5. The van der Waals surface area contributed by atoms with Crippen molar-refractivity contribution < 1.29 is 61.9 Å². The SMILES string of the molecule is CC(C)(C)c1ccc2cc(-c3[c-]ccc4c3sc3c(-c5cc6ccc(C(C)(C)C)cc6cn5)[c-]ccc34)ncc2c1.CCC(CC)C(=O)/C=C(\O)C(CC)CC.CCC(CC)C(=O)/C=C(\O)C(CC)CC.[Pt].[Pt]. The van der Waals surface area contributed by atoms with Crippen LogP contribution < -0.4 is 0 Å². The zero-order valence-corrected chi connectivity index (χ0v) is 51.2. The Kier molecular flexibility index (Phi) is 24.7. The average Bonchev–Trinajstić information content (AvgIpc) is 3.74. The molecule has 0 amide bonds. The molecule has 0 radical (unpaired) electrons. The molecule has 73 heavy (non-hydrogen) atoms. The third kappa shape index (κ3) is 15.9. The molecule has 7 rings (SSSR count). The molecule has 0 spiro atoms. The molecule has 4 aromatic carbocycles. The summed E-state index contributed by atoms with van der Waals surface area (Å²) in [6.45, 7) is 29.6. The molecule has 0 aliphatic rings. The van der Waals surface area contributed by atoms with Crippen LogP contribution in [0, 0.1) is 35.8 Å². The Morgan fingerprint density at radius 1 is 0.507 bits per heavy atom. The summed E-state index contributed by atoms with van der Waals surface area (Å²) in [5, 5.41) is 26.7. The van der Waals surface area contributed by atoms with Crippen LogP contribution in [0.15, 0.2) is 109 Å². The summed E-state index contributed by atoms with van der Waals surface area (Å²) in [4.78, 5) is 33.3. The number of allylic oxidation sites excluding steroid dienone is 4. The first-order valence-electron chi connectivity index (χ1n) is 26.2. The molecule has 3 aromatic heterocycles. The van der Waals surface area contributed by atoms with Crippen LogP contribution >= 0.6 is 11.3 Å². The van der Waals surface area contributed by atoms with Crippen molar-refractivity contribution in [2.75, 3.05) is 0 Å². The average molecular weight is 1360 g/mol. The van der Waals surface area contributed by atoms with Crippen molar-refractivity contribution in [2.45, 2.75) is 159 Å². The third-order valence-electron chi connectivity index (χ3n) is 14.2. The van der Waals surface area contributed by atoms with Gasteiger partial charge in [0.2, 0.25) is 0 Å². The Balaban J connectivity index is 0.000000366. The second-order valence-corrected chi connectivity index (χ2v) is 22.1. The van der Waals surface area contributed by atoms with E-state index in [0.717, 1.165) is 73.9 Å². The van der Waals surface area contributed by atoms with E-state index in [4.69, 9.17) is 9.97 Å². The number of hydrogen-bond acceptors (Lipinski definition) is 7. The molecular formula is C64H80N2O4Pt2S-2. The van der Waals surface area contributed by atoms with Gasteiger partial charge in [-0.1, -0.05) is 143 Å². The minimum absolute atomic E-state index is 0. The molecule has 2 N–H and O–H groups in total. The summed E-state index contributed by atoms with van der Waals surface area (Å²) in [6.07, 6.45) is 13.8. The predicted molar refractivity (Wildman–Crippen MR) is 304 cm³/mol. The van der Waals surface area contributed by atoms with Crippen LogP contribution in [0.2, 0.25) is 0 Å². The van der Waals surface area contributed by atoms with Crippen molar-refractivity contribution in [3.8, 4) is 22.5 Å². The molecule has 398 valence electrons. The summed E-state index contributed by atoms with van der Waals surface area (Å²) in [5.74, 6) is 1.09. The van der Waals surface area contributed by atoms with Crippen LogP contribution in [-0.4, -0.2) is 31.7 Å². The Labute approximate surface area is 470 Å². The molecule has 3 heterocycles. The van der Waals surface area contributed by atoms with E-state index in [1.807, 2.05) is 79.9 Å². The van der Waals surface area contributed by atoms with E-state index in [2.05, 4.69) is 114 Å². The van der Waals surface area contributed by atoms with Gasteiger partial charge < -0.3 is 20.2 Å². The van der Waals surface area contributed by atoms with E-state index in [0.29, 0.717) is 0 Å². The van der Waals surface area contributed by atoms with E-state index >= 15 is 0 Å². The maximum Gasteiger partial charge on any atom is 0.162 e. The summed E-state index contributed by atoms with van der Waals surface area (Å²) >= 11 is 1.78. The number of ketones is 2. The number of fused-ring (bicyclic) bond motifs is 5. The molecule has 0 saturated carbocycles. The molecule has 0 aliphatic carbocycles. The minimum Gasteiger partial charge on any atom is -0.512 e. The van der Waals surface area contributed by atoms with Crippen molar-refractivity contribution in [1.82, 2.24) is 9.97 Å². The number of hydrogen-bond donors (Lipinski definition) is 2. The molecule has 0 fully saturated rings. The molecule has 0 aliphatic heterocycles. The van der Waals surface area contributed by atoms with Gasteiger partial charge in [-0.15, -0.1) is 58.3 Å². The Morgan fingerprint density at radius 2 is 0.836 bits per heavy atom. The van der Waals surface area contributed by atoms with Gasteiger partial charge in [0, 0.05) is 90.3 Å². The molecule has 0 bridgehead atoms. The van der Waals surface area contributed by atoms with Gasteiger partial charge in [-0.2, -0.15) is 0 Å². The van der Waals surface area contributed by atoms with Crippen molar-refractivity contribution in [1.29, 1.82) is 0 Å². The largest absolute Gasteiger partial charge is 0.512 e. The summed E-state index contributed by atoms with van der Waals surface area (Å²) in [7, 11) is 0. The Hall–Kier alpha value is -4.28. The Morgan fingerprint density at radius 3 is 1.14 bits per heavy atom. The molecule has 9 heteroatoms. The molecule has 6 nitrogen and oxygen atoms in total. The number of aromatic nitrogens is 2. The molecule has 0 atom stereocenters. The van der Waals surface area contributed by atoms with E-state index < -0.39 is 0 Å². The van der Waals surface area contributed by atoms with E-state index in [9.17, 15) is 19.8 Å². The number of aliphatic hydroxyl groups excluding tert-OH is 2. The summed E-state index contributed by atoms with van der Waals surface area (Å²) in [5.41, 5.74) is 6.82. The van der Waals surface area contributed by atoms with Crippen LogP contribution in [0.4, 0.5) is 0 Å². The summed E-state index contributed by atoms with van der Waals surface area (Å²) in [6, 6.07) is 33.2. The van der Waals surface area contributed by atoms with Crippen molar-refractivity contribution in [2.24, 2.45) is 23.7 Å². The number of benzene rings is 4. The maximum atomic E-state index is 11.7. The van der Waals surface area contributed by atoms with E-state index in [-0.39, 0.29) is 99.7 Å². The van der Waals surface area contributed by atoms with Gasteiger partial charge in [0.05, 0.1) is 11.5 Å². The van der Waals surface area contributed by atoms with Crippen molar-refractivity contribution in [3.63, 3.8) is 0 Å². The second-order valence-electron chi connectivity index (χ2n) is 21.1. The van der Waals surface area contributed by atoms with Crippen molar-refractivity contribution in [3.05, 3.63) is 132 Å². The fourth-order valence-electron chi connectivity index (χ4n) is 9.14. The first-order chi connectivity index (χ1) is 33.8. The van der Waals surface area contributed by atoms with Gasteiger partial charge in [0.1, 0.15) is 0 Å². The fourth-order valence-corrected chi connectivity index (χ4v) is 10.4. The van der Waals surface area contributed by atoms with E-state index in [1.165, 1.54) is 65.0 Å². The van der Waals surface area contributed by atoms with Crippen LogP contribution in [0.25, 0.3) is 64.2 Å². The minimum atomic E-state index is 0. The summed E-state index contributed by atoms with van der Waals surface area (Å²) < 4.78 is 2.38. The molecule has 0 unspecified atom stereocenters. The number of carbonyl (C=O) groups is 2. The normalized spacial score (nSPS) is 12.2. The van der Waals surface area contributed by atoms with Crippen molar-refractivity contribution >= 4 is 64.6 Å². The van der Waals surface area contributed by atoms with Crippen LogP contribution in [-0.2, 0) is 62.5 Å². The van der Waals surface area contributed by atoms with Crippen LogP contribution in [0.5, 0.6) is 0 Å². The van der Waals surface area contributed by atoms with Gasteiger partial charge in [0.25, 0.3) is 0 Å². The first kappa shape index (κ1) is 63.0. The molecular weight excluding hydrogens is 1280 g/mol. The fraction of sp³-hybridized carbons (Fsp3) is 0.438. The zero-order valence-electron chi connectivity index (χ0n) is 45.8. The van der Waals surface area contributed by atoms with E-state index in [1.54, 1.807) is 11.3 Å². The molecule has 7 aromatic rings. The number of rotatable bonds is 16. The quantitative estimate of drug-likeness (QED) is 0.0568. The number of nitrogens with zero attached hydrogens (tertiary/aromatic N) is 2. The van der Waals surface area contributed by atoms with Crippen LogP contribution in [0.1, 0.15) is 159 Å². The standard InChI is InChI=1S/C38H32N2S.2C13H24O2.2Pt/c1-37(2,3)27-15-13-23-19-33(39-21-25(23)17-27)31-11-7-9-29-30-10-8-12-32(36(30)41-35(29)31)34-20-24-14-16-28(38(4,5)6)18-26(24)22-40-34;2*1-5-10(6-2)12(14)9-13(15)11(7-3)8-4;;/h7-10,13-22H,1-6H3;2*9-11,14H,5-8H2,1-4H3;;/q-2;;;;/b;2*12-9-;;. The van der Waals surface area contributed by atoms with Gasteiger partial charge in [0.15, 0.2) is 11.6 Å². The van der Waals surface area contributed by atoms with Gasteiger partial charge in [-0.05, 0) is 118 Å². The zero-order chi connectivity index (χ0) is 52.2. The first-order valence-corrected chi connectivity index (χ1v) is 27.1. The smallest absolute Gasteiger partial charge is 0.162 e.